The monoisotopic (exact) mass is 376 g/mol. The smallest absolute Gasteiger partial charge is 0.298 e. The van der Waals surface area contributed by atoms with Gasteiger partial charge in [-0.1, -0.05) is 6.07 Å². The van der Waals surface area contributed by atoms with E-state index < -0.39 is 0 Å². The highest BCUT2D eigenvalue weighted by Gasteiger charge is 2.29. The predicted molar refractivity (Wildman–Crippen MR) is 103 cm³/mol. The van der Waals surface area contributed by atoms with E-state index in [0.717, 1.165) is 39.6 Å². The molecule has 0 aliphatic carbocycles. The van der Waals surface area contributed by atoms with Crippen LogP contribution in [0, 0.1) is 13.8 Å². The van der Waals surface area contributed by atoms with Crippen molar-refractivity contribution >= 4 is 28.7 Å². The minimum atomic E-state index is -0.198. The van der Waals surface area contributed by atoms with Gasteiger partial charge < -0.3 is 4.90 Å². The van der Waals surface area contributed by atoms with Crippen LogP contribution in [-0.2, 0) is 6.42 Å². The summed E-state index contributed by atoms with van der Waals surface area (Å²) in [4.78, 5) is 27.8. The molecular weight excluding hydrogens is 360 g/mol. The van der Waals surface area contributed by atoms with E-state index in [2.05, 4.69) is 31.5 Å². The van der Waals surface area contributed by atoms with Crippen LogP contribution < -0.4 is 4.90 Å². The van der Waals surface area contributed by atoms with E-state index in [4.69, 9.17) is 0 Å². The molecule has 8 heteroatoms. The molecule has 0 radical (unpaired) electrons. The fourth-order valence-electron chi connectivity index (χ4n) is 3.39. The third-order valence-corrected chi connectivity index (χ3v) is 5.53. The van der Waals surface area contributed by atoms with E-state index in [1.54, 1.807) is 26.9 Å². The Morgan fingerprint density at radius 1 is 1.19 bits per heavy atom. The van der Waals surface area contributed by atoms with E-state index in [0.29, 0.717) is 12.3 Å². The summed E-state index contributed by atoms with van der Waals surface area (Å²) in [6.07, 6.45) is 2.48. The van der Waals surface area contributed by atoms with Crippen LogP contribution in [0.3, 0.4) is 0 Å². The molecule has 0 spiro atoms. The molecule has 4 aromatic rings. The molecule has 0 saturated carbocycles. The number of fused-ring (bicyclic) bond motifs is 2. The molecule has 0 atom stereocenters. The zero-order valence-corrected chi connectivity index (χ0v) is 15.7. The van der Waals surface area contributed by atoms with Crippen molar-refractivity contribution in [1.82, 2.24) is 24.6 Å². The highest BCUT2D eigenvalue weighted by Crippen LogP contribution is 2.33. The number of benzene rings is 1. The second kappa shape index (κ2) is 5.95. The van der Waals surface area contributed by atoms with Gasteiger partial charge in [-0.2, -0.15) is 4.98 Å². The van der Waals surface area contributed by atoms with Crippen molar-refractivity contribution in [2.45, 2.75) is 20.3 Å². The van der Waals surface area contributed by atoms with E-state index >= 15 is 0 Å². The maximum absolute atomic E-state index is 13.0. The van der Waals surface area contributed by atoms with Gasteiger partial charge in [0.15, 0.2) is 0 Å². The Kier molecular flexibility index (Phi) is 3.54. The number of anilines is 1. The lowest BCUT2D eigenvalue weighted by Gasteiger charge is -2.15. The average molecular weight is 376 g/mol. The van der Waals surface area contributed by atoms with Gasteiger partial charge in [0.1, 0.15) is 0 Å². The zero-order chi connectivity index (χ0) is 18.5. The topological polar surface area (TPSA) is 76.3 Å². The molecule has 0 saturated heterocycles. The lowest BCUT2D eigenvalue weighted by Crippen LogP contribution is -2.29. The molecule has 3 aromatic heterocycles. The molecule has 1 aromatic carbocycles. The van der Waals surface area contributed by atoms with Crippen LogP contribution in [0.15, 0.2) is 35.8 Å². The molecule has 1 amide bonds. The minimum absolute atomic E-state index is 0.170. The van der Waals surface area contributed by atoms with Crippen LogP contribution in [-0.4, -0.2) is 37.0 Å². The number of aryl methyl sites for hydroxylation is 2. The summed E-state index contributed by atoms with van der Waals surface area (Å²) < 4.78 is 1.60. The van der Waals surface area contributed by atoms with Crippen molar-refractivity contribution < 1.29 is 4.79 Å². The first-order valence-electron chi connectivity index (χ1n) is 8.66. The third-order valence-electron chi connectivity index (χ3n) is 4.76. The van der Waals surface area contributed by atoms with Crippen molar-refractivity contribution in [3.63, 3.8) is 0 Å². The first-order chi connectivity index (χ1) is 13.1. The molecule has 1 aliphatic rings. The van der Waals surface area contributed by atoms with Crippen molar-refractivity contribution in [3.05, 3.63) is 57.9 Å². The number of thiazole rings is 1. The number of amides is 1. The van der Waals surface area contributed by atoms with Gasteiger partial charge in [0.05, 0.1) is 10.7 Å². The number of rotatable bonds is 2. The van der Waals surface area contributed by atoms with Crippen molar-refractivity contribution in [2.24, 2.45) is 0 Å². The summed E-state index contributed by atoms with van der Waals surface area (Å²) in [5.74, 6) is 0.409. The quantitative estimate of drug-likeness (QED) is 0.537. The van der Waals surface area contributed by atoms with Crippen LogP contribution in [0.1, 0.15) is 26.9 Å². The van der Waals surface area contributed by atoms with Crippen LogP contribution in [0.25, 0.3) is 17.0 Å². The predicted octanol–water partition coefficient (Wildman–Crippen LogP) is 3.07. The molecule has 1 aliphatic heterocycles. The molecular formula is C19H16N6OS. The number of hydrogen-bond donors (Lipinski definition) is 0. The van der Waals surface area contributed by atoms with Crippen LogP contribution >= 0.6 is 11.3 Å². The Bertz CT molecular complexity index is 1190. The zero-order valence-electron chi connectivity index (χ0n) is 14.9. The summed E-state index contributed by atoms with van der Waals surface area (Å²) >= 11 is 1.64. The Hall–Kier alpha value is -3.13. The van der Waals surface area contributed by atoms with E-state index in [9.17, 15) is 4.79 Å². The molecule has 5 rings (SSSR count). The lowest BCUT2D eigenvalue weighted by molar-refractivity contribution is 0.0979. The van der Waals surface area contributed by atoms with Crippen LogP contribution in [0.5, 0.6) is 0 Å². The minimum Gasteiger partial charge on any atom is -0.305 e. The first kappa shape index (κ1) is 16.1. The second-order valence-electron chi connectivity index (χ2n) is 6.54. The maximum atomic E-state index is 13.0. The summed E-state index contributed by atoms with van der Waals surface area (Å²) in [5, 5.41) is 7.45. The molecule has 27 heavy (non-hydrogen) atoms. The highest BCUT2D eigenvalue weighted by atomic mass is 32.1. The Morgan fingerprint density at radius 2 is 2.07 bits per heavy atom. The SMILES string of the molecule is Cc1nc(-c2ccc3c(c2)CCN3C(=O)c2nc3nccc(C)n3n2)cs1. The van der Waals surface area contributed by atoms with Gasteiger partial charge in [-0.25, -0.2) is 14.5 Å². The molecule has 4 heterocycles. The fraction of sp³-hybridized carbons (Fsp3) is 0.211. The van der Waals surface area contributed by atoms with Crippen LogP contribution in [0.4, 0.5) is 5.69 Å². The molecule has 134 valence electrons. The molecule has 0 unspecified atom stereocenters. The van der Waals surface area contributed by atoms with Gasteiger partial charge in [-0.05, 0) is 44.0 Å². The third kappa shape index (κ3) is 2.60. The number of carbonyl (C=O) groups is 1. The number of aromatic nitrogens is 5. The van der Waals surface area contributed by atoms with Crippen molar-refractivity contribution in [2.75, 3.05) is 11.4 Å². The number of nitrogens with zero attached hydrogens (tertiary/aromatic N) is 6. The lowest BCUT2D eigenvalue weighted by atomic mass is 10.1. The van der Waals surface area contributed by atoms with E-state index in [1.807, 2.05) is 32.0 Å². The Morgan fingerprint density at radius 3 is 2.85 bits per heavy atom. The Balaban J connectivity index is 1.49. The van der Waals surface area contributed by atoms with E-state index in [1.165, 1.54) is 0 Å². The first-order valence-corrected chi connectivity index (χ1v) is 9.54. The average Bonchev–Trinajstić information content (AvgIpc) is 3.38. The van der Waals surface area contributed by atoms with Crippen molar-refractivity contribution in [1.29, 1.82) is 0 Å². The highest BCUT2D eigenvalue weighted by molar-refractivity contribution is 7.09. The van der Waals surface area contributed by atoms with Crippen LogP contribution in [0.2, 0.25) is 0 Å². The molecule has 0 fully saturated rings. The second-order valence-corrected chi connectivity index (χ2v) is 7.60. The van der Waals surface area contributed by atoms with Gasteiger partial charge in [-0.3, -0.25) is 4.79 Å². The number of carbonyl (C=O) groups excluding carboxylic acids is 1. The summed E-state index contributed by atoms with van der Waals surface area (Å²) in [6, 6.07) is 7.97. The normalized spacial score (nSPS) is 13.3. The maximum Gasteiger partial charge on any atom is 0.298 e. The summed E-state index contributed by atoms with van der Waals surface area (Å²) in [6.45, 7) is 4.53. The van der Waals surface area contributed by atoms with Gasteiger partial charge >= 0.3 is 0 Å². The van der Waals surface area contributed by atoms with E-state index in [-0.39, 0.29) is 11.7 Å². The fourth-order valence-corrected chi connectivity index (χ4v) is 4.01. The molecule has 7 nitrogen and oxygen atoms in total. The Labute approximate surface area is 159 Å². The summed E-state index contributed by atoms with van der Waals surface area (Å²) in [7, 11) is 0. The van der Waals surface area contributed by atoms with Crippen molar-refractivity contribution in [3.8, 4) is 11.3 Å². The van der Waals surface area contributed by atoms with Gasteiger partial charge in [0, 0.05) is 35.1 Å². The largest absolute Gasteiger partial charge is 0.305 e. The molecule has 0 N–H and O–H groups in total. The number of hydrogen-bond acceptors (Lipinski definition) is 6. The molecule has 0 bridgehead atoms. The van der Waals surface area contributed by atoms with Gasteiger partial charge in [-0.15, -0.1) is 16.4 Å². The standard InChI is InChI=1S/C19H16N6OS/c1-11-5-7-20-19-22-17(23-25(11)19)18(26)24-8-6-14-9-13(3-4-16(14)24)15-10-27-12(2)21-15/h3-5,7,9-10H,6,8H2,1-2H3. The summed E-state index contributed by atoms with van der Waals surface area (Å²) in [5.41, 5.74) is 5.01. The van der Waals surface area contributed by atoms with Gasteiger partial charge in [0.25, 0.3) is 11.7 Å². The van der Waals surface area contributed by atoms with Gasteiger partial charge in [0.2, 0.25) is 5.82 Å².